The lowest BCUT2D eigenvalue weighted by Gasteiger charge is -2.28. The molecule has 124 valence electrons. The second-order valence-corrected chi connectivity index (χ2v) is 5.58. The van der Waals surface area contributed by atoms with Crippen LogP contribution in [-0.2, 0) is 24.3 Å². The molecular weight excluding hydrogens is 313 g/mol. The molecule has 0 saturated heterocycles. The average molecular weight is 329 g/mol. The number of hydrogen-bond donors (Lipinski definition) is 1. The van der Waals surface area contributed by atoms with Crippen LogP contribution in [0.1, 0.15) is 27.0 Å². The summed E-state index contributed by atoms with van der Waals surface area (Å²) in [7, 11) is 0. The zero-order valence-electron chi connectivity index (χ0n) is 12.9. The first kappa shape index (κ1) is 16.0. The Labute approximate surface area is 138 Å². The van der Waals surface area contributed by atoms with Gasteiger partial charge in [-0.2, -0.15) is 0 Å². The largest absolute Gasteiger partial charge is 0.478 e. The lowest BCUT2D eigenvalue weighted by molar-refractivity contribution is 0.0690. The molecule has 0 bridgehead atoms. The Balaban J connectivity index is 1.67. The molecule has 0 radical (unpaired) electrons. The van der Waals surface area contributed by atoms with Gasteiger partial charge in [-0.25, -0.2) is 14.0 Å². The fourth-order valence-corrected chi connectivity index (χ4v) is 2.74. The minimum atomic E-state index is -1.29. The Kier molecular flexibility index (Phi) is 4.46. The lowest BCUT2D eigenvalue weighted by atomic mass is 9.96. The first-order valence-corrected chi connectivity index (χ1v) is 7.55. The molecule has 3 rings (SSSR count). The number of carboxylic acid groups (broad SMARTS) is 1. The lowest BCUT2D eigenvalue weighted by Crippen LogP contribution is -2.36. The van der Waals surface area contributed by atoms with Crippen molar-refractivity contribution in [2.45, 2.75) is 19.6 Å². The van der Waals surface area contributed by atoms with Crippen molar-refractivity contribution in [3.63, 3.8) is 0 Å². The molecular formula is C18H16FNO4. The molecule has 5 nitrogen and oxygen atoms in total. The van der Waals surface area contributed by atoms with Crippen molar-refractivity contribution < 1.29 is 23.8 Å². The van der Waals surface area contributed by atoms with Gasteiger partial charge >= 0.3 is 12.1 Å². The molecule has 2 aromatic carbocycles. The third-order valence-electron chi connectivity index (χ3n) is 4.03. The second-order valence-electron chi connectivity index (χ2n) is 5.58. The van der Waals surface area contributed by atoms with Crippen molar-refractivity contribution in [2.24, 2.45) is 0 Å². The van der Waals surface area contributed by atoms with Gasteiger partial charge in [0.25, 0.3) is 0 Å². The van der Waals surface area contributed by atoms with Crippen LogP contribution in [0.4, 0.5) is 9.18 Å². The van der Waals surface area contributed by atoms with Crippen LogP contribution in [0.15, 0.2) is 42.5 Å². The molecule has 0 fully saturated rings. The van der Waals surface area contributed by atoms with E-state index in [0.29, 0.717) is 17.7 Å². The number of benzene rings is 2. The number of carboxylic acids is 1. The van der Waals surface area contributed by atoms with E-state index in [1.165, 1.54) is 11.0 Å². The van der Waals surface area contributed by atoms with Gasteiger partial charge in [0.15, 0.2) is 0 Å². The van der Waals surface area contributed by atoms with E-state index in [2.05, 4.69) is 0 Å². The van der Waals surface area contributed by atoms with E-state index in [9.17, 15) is 14.0 Å². The van der Waals surface area contributed by atoms with E-state index in [1.807, 2.05) is 30.3 Å². The second kappa shape index (κ2) is 6.70. The van der Waals surface area contributed by atoms with Gasteiger partial charge < -0.3 is 14.7 Å². The van der Waals surface area contributed by atoms with E-state index >= 15 is 0 Å². The minimum absolute atomic E-state index is 0.176. The topological polar surface area (TPSA) is 66.8 Å². The predicted molar refractivity (Wildman–Crippen MR) is 84.1 cm³/mol. The third kappa shape index (κ3) is 3.22. The third-order valence-corrected chi connectivity index (χ3v) is 4.03. The summed E-state index contributed by atoms with van der Waals surface area (Å²) in [5.41, 5.74) is 1.52. The summed E-state index contributed by atoms with van der Waals surface area (Å²) in [6.07, 6.45) is -0.199. The number of hydrogen-bond acceptors (Lipinski definition) is 3. The maximum absolute atomic E-state index is 14.2. The van der Waals surface area contributed by atoms with Crippen LogP contribution < -0.4 is 0 Å². The smallest absolute Gasteiger partial charge is 0.410 e. The fourth-order valence-electron chi connectivity index (χ4n) is 2.74. The molecule has 1 aliphatic rings. The molecule has 0 aliphatic carbocycles. The van der Waals surface area contributed by atoms with Crippen LogP contribution in [0, 0.1) is 5.82 Å². The highest BCUT2D eigenvalue weighted by Crippen LogP contribution is 2.25. The molecule has 1 aliphatic heterocycles. The molecule has 24 heavy (non-hydrogen) atoms. The quantitative estimate of drug-likeness (QED) is 0.939. The normalized spacial score (nSPS) is 13.3. The van der Waals surface area contributed by atoms with Gasteiger partial charge in [-0.1, -0.05) is 36.4 Å². The van der Waals surface area contributed by atoms with E-state index < -0.39 is 17.9 Å². The molecule has 2 aromatic rings. The monoisotopic (exact) mass is 329 g/mol. The zero-order valence-corrected chi connectivity index (χ0v) is 12.9. The Bertz CT molecular complexity index is 776. The van der Waals surface area contributed by atoms with Gasteiger partial charge in [0.05, 0.1) is 5.56 Å². The summed E-state index contributed by atoms with van der Waals surface area (Å²) in [5, 5.41) is 8.96. The molecule has 1 N–H and O–H groups in total. The highest BCUT2D eigenvalue weighted by atomic mass is 19.1. The van der Waals surface area contributed by atoms with Crippen LogP contribution in [0.3, 0.4) is 0 Å². The van der Waals surface area contributed by atoms with Gasteiger partial charge in [-0.3, -0.25) is 0 Å². The highest BCUT2D eigenvalue weighted by Gasteiger charge is 2.26. The number of aromatic carboxylic acids is 1. The molecule has 0 saturated carbocycles. The van der Waals surface area contributed by atoms with Crippen LogP contribution in [0.2, 0.25) is 0 Å². The number of halogens is 1. The summed E-state index contributed by atoms with van der Waals surface area (Å²) < 4.78 is 19.5. The highest BCUT2D eigenvalue weighted by molar-refractivity contribution is 5.88. The van der Waals surface area contributed by atoms with E-state index in [0.717, 1.165) is 5.56 Å². The van der Waals surface area contributed by atoms with Crippen LogP contribution in [0.25, 0.3) is 0 Å². The number of rotatable bonds is 3. The number of nitrogens with zero attached hydrogens (tertiary/aromatic N) is 1. The summed E-state index contributed by atoms with van der Waals surface area (Å²) in [6.45, 7) is 0.676. The van der Waals surface area contributed by atoms with Crippen LogP contribution in [-0.4, -0.2) is 28.6 Å². The Hall–Kier alpha value is -2.89. The van der Waals surface area contributed by atoms with Gasteiger partial charge in [0, 0.05) is 13.1 Å². The summed E-state index contributed by atoms with van der Waals surface area (Å²) in [4.78, 5) is 24.6. The van der Waals surface area contributed by atoms with Crippen molar-refractivity contribution >= 4 is 12.1 Å². The van der Waals surface area contributed by atoms with Gasteiger partial charge in [0.1, 0.15) is 12.4 Å². The van der Waals surface area contributed by atoms with Crippen molar-refractivity contribution in [1.82, 2.24) is 4.90 Å². The Morgan fingerprint density at radius 3 is 2.62 bits per heavy atom. The van der Waals surface area contributed by atoms with Crippen molar-refractivity contribution in [2.75, 3.05) is 6.54 Å². The molecule has 0 atom stereocenters. The SMILES string of the molecule is O=C(O)c1ccc2c(c1F)CCN(C(=O)OCc1ccccc1)C2. The van der Waals surface area contributed by atoms with Crippen LogP contribution in [0.5, 0.6) is 0 Å². The van der Waals surface area contributed by atoms with Crippen molar-refractivity contribution in [1.29, 1.82) is 0 Å². The maximum atomic E-state index is 14.2. The van der Waals surface area contributed by atoms with E-state index in [-0.39, 0.29) is 25.1 Å². The summed E-state index contributed by atoms with van der Waals surface area (Å²) in [6, 6.07) is 12.1. The summed E-state index contributed by atoms with van der Waals surface area (Å²) in [5.74, 6) is -2.00. The molecule has 0 unspecified atom stereocenters. The average Bonchev–Trinajstić information content (AvgIpc) is 2.60. The van der Waals surface area contributed by atoms with Gasteiger partial charge in [-0.05, 0) is 29.2 Å². The summed E-state index contributed by atoms with van der Waals surface area (Å²) >= 11 is 0. The first-order chi connectivity index (χ1) is 11.6. The minimum Gasteiger partial charge on any atom is -0.478 e. The number of carbonyl (C=O) groups excluding carboxylic acids is 1. The standard InChI is InChI=1S/C18H16FNO4/c19-16-14-8-9-20(10-13(14)6-7-15(16)17(21)22)18(23)24-11-12-4-2-1-3-5-12/h1-7H,8-11H2,(H,21,22). The number of ether oxygens (including phenoxy) is 1. The van der Waals surface area contributed by atoms with Gasteiger partial charge in [0.2, 0.25) is 0 Å². The van der Waals surface area contributed by atoms with Crippen molar-refractivity contribution in [3.8, 4) is 0 Å². The predicted octanol–water partition coefficient (Wildman–Crippen LogP) is 3.22. The number of amides is 1. The molecule has 0 aromatic heterocycles. The van der Waals surface area contributed by atoms with Crippen LogP contribution >= 0.6 is 0 Å². The Morgan fingerprint density at radius 1 is 1.17 bits per heavy atom. The molecule has 6 heteroatoms. The van der Waals surface area contributed by atoms with E-state index in [4.69, 9.17) is 9.84 Å². The van der Waals surface area contributed by atoms with Crippen molar-refractivity contribution in [3.05, 3.63) is 70.5 Å². The molecule has 1 amide bonds. The fraction of sp³-hybridized carbons (Fsp3) is 0.222. The Morgan fingerprint density at radius 2 is 1.92 bits per heavy atom. The zero-order chi connectivity index (χ0) is 17.1. The number of fused-ring (bicyclic) bond motifs is 1. The molecule has 0 spiro atoms. The van der Waals surface area contributed by atoms with Gasteiger partial charge in [-0.15, -0.1) is 0 Å². The maximum Gasteiger partial charge on any atom is 0.410 e. The van der Waals surface area contributed by atoms with E-state index in [1.54, 1.807) is 6.07 Å². The number of carbonyl (C=O) groups is 2. The first-order valence-electron chi connectivity index (χ1n) is 7.55. The molecule has 1 heterocycles.